The first kappa shape index (κ1) is 14.4. The van der Waals surface area contributed by atoms with E-state index in [1.54, 1.807) is 12.1 Å². The standard InChI is InChI=1S/C13H15N3O3S/c1-9-4-5-12(19-2)10(6-9)11(17)7-16-8-14-15-13(16)20(3)18/h4-6,8H,7H2,1-3H3/t20-/m1/s1. The van der Waals surface area contributed by atoms with Crippen LogP contribution in [0, 0.1) is 6.92 Å². The number of benzene rings is 1. The average molecular weight is 293 g/mol. The second-order valence-electron chi connectivity index (χ2n) is 4.32. The zero-order valence-corrected chi connectivity index (χ0v) is 12.3. The van der Waals surface area contributed by atoms with Crippen LogP contribution in [-0.4, -0.2) is 38.1 Å². The van der Waals surface area contributed by atoms with Crippen molar-refractivity contribution < 1.29 is 13.7 Å². The molecule has 0 fully saturated rings. The third-order valence-corrected chi connectivity index (χ3v) is 3.64. The van der Waals surface area contributed by atoms with E-state index in [0.29, 0.717) is 11.3 Å². The highest BCUT2D eigenvalue weighted by molar-refractivity contribution is 7.84. The molecule has 1 heterocycles. The number of ether oxygens (including phenoxy) is 1. The minimum absolute atomic E-state index is 0.0295. The van der Waals surface area contributed by atoms with Crippen molar-refractivity contribution in [2.75, 3.05) is 13.4 Å². The van der Waals surface area contributed by atoms with Crippen molar-refractivity contribution in [3.63, 3.8) is 0 Å². The lowest BCUT2D eigenvalue weighted by atomic mass is 10.1. The van der Waals surface area contributed by atoms with Crippen LogP contribution in [0.4, 0.5) is 0 Å². The van der Waals surface area contributed by atoms with Crippen molar-refractivity contribution >= 4 is 16.6 Å². The van der Waals surface area contributed by atoms with Gasteiger partial charge in [-0.2, -0.15) is 0 Å². The number of carbonyl (C=O) groups is 1. The summed E-state index contributed by atoms with van der Waals surface area (Å²) in [6, 6.07) is 5.41. The first-order valence-electron chi connectivity index (χ1n) is 5.92. The monoisotopic (exact) mass is 293 g/mol. The van der Waals surface area contributed by atoms with E-state index in [9.17, 15) is 9.00 Å². The molecule has 0 aliphatic rings. The molecule has 2 aromatic rings. The molecule has 20 heavy (non-hydrogen) atoms. The Balaban J connectivity index is 2.30. The zero-order valence-electron chi connectivity index (χ0n) is 11.5. The van der Waals surface area contributed by atoms with Crippen molar-refractivity contribution in [2.45, 2.75) is 18.6 Å². The Labute approximate surface area is 119 Å². The summed E-state index contributed by atoms with van der Waals surface area (Å²) in [5, 5.41) is 7.72. The largest absolute Gasteiger partial charge is 0.496 e. The molecule has 7 heteroatoms. The molecule has 106 valence electrons. The van der Waals surface area contributed by atoms with Crippen LogP contribution in [0.5, 0.6) is 5.75 Å². The molecule has 0 unspecified atom stereocenters. The second kappa shape index (κ2) is 5.96. The minimum atomic E-state index is -1.29. The first-order valence-corrected chi connectivity index (χ1v) is 7.48. The number of methoxy groups -OCH3 is 1. The molecule has 0 radical (unpaired) electrons. The summed E-state index contributed by atoms with van der Waals surface area (Å²) in [5.74, 6) is 0.380. The van der Waals surface area contributed by atoms with Gasteiger partial charge in [0.05, 0.1) is 30.0 Å². The molecule has 0 aliphatic heterocycles. The van der Waals surface area contributed by atoms with Gasteiger partial charge in [-0.1, -0.05) is 11.6 Å². The number of hydrogen-bond donors (Lipinski definition) is 0. The third-order valence-electron chi connectivity index (χ3n) is 2.81. The molecular weight excluding hydrogens is 278 g/mol. The van der Waals surface area contributed by atoms with Crippen LogP contribution in [-0.2, 0) is 17.3 Å². The molecule has 1 aromatic heterocycles. The van der Waals surface area contributed by atoms with Crippen LogP contribution in [0.3, 0.4) is 0 Å². The van der Waals surface area contributed by atoms with Gasteiger partial charge in [-0.3, -0.25) is 13.6 Å². The SMILES string of the molecule is COc1ccc(C)cc1C(=O)Cn1cnnc1[S@@](C)=O. The molecule has 1 atom stereocenters. The van der Waals surface area contributed by atoms with E-state index in [2.05, 4.69) is 10.2 Å². The topological polar surface area (TPSA) is 74.1 Å². The average Bonchev–Trinajstić information content (AvgIpc) is 2.87. The van der Waals surface area contributed by atoms with E-state index in [4.69, 9.17) is 4.74 Å². The van der Waals surface area contributed by atoms with Gasteiger partial charge in [0.25, 0.3) is 0 Å². The maximum Gasteiger partial charge on any atom is 0.221 e. The van der Waals surface area contributed by atoms with Crippen LogP contribution >= 0.6 is 0 Å². The number of ketones is 1. The highest BCUT2D eigenvalue weighted by Gasteiger charge is 2.16. The van der Waals surface area contributed by atoms with Crippen LogP contribution < -0.4 is 4.74 Å². The summed E-state index contributed by atoms with van der Waals surface area (Å²) < 4.78 is 18.2. The summed E-state index contributed by atoms with van der Waals surface area (Å²) in [7, 11) is 0.233. The molecule has 0 aliphatic carbocycles. The summed E-state index contributed by atoms with van der Waals surface area (Å²) in [6.07, 6.45) is 2.90. The van der Waals surface area contributed by atoms with E-state index in [0.717, 1.165) is 5.56 Å². The van der Waals surface area contributed by atoms with Gasteiger partial charge in [0.15, 0.2) is 5.78 Å². The van der Waals surface area contributed by atoms with Crippen molar-refractivity contribution in [1.29, 1.82) is 0 Å². The van der Waals surface area contributed by atoms with Crippen molar-refractivity contribution in [1.82, 2.24) is 14.8 Å². The molecule has 0 amide bonds. The molecule has 0 saturated heterocycles. The Morgan fingerprint density at radius 2 is 2.20 bits per heavy atom. The maximum atomic E-state index is 12.4. The lowest BCUT2D eigenvalue weighted by Crippen LogP contribution is -2.14. The molecule has 2 rings (SSSR count). The molecule has 1 aromatic carbocycles. The van der Waals surface area contributed by atoms with Gasteiger partial charge >= 0.3 is 0 Å². The summed E-state index contributed by atoms with van der Waals surface area (Å²) in [6.45, 7) is 1.93. The summed E-state index contributed by atoms with van der Waals surface area (Å²) >= 11 is 0. The van der Waals surface area contributed by atoms with Crippen LogP contribution in [0.25, 0.3) is 0 Å². The number of nitrogens with zero attached hydrogens (tertiary/aromatic N) is 3. The fourth-order valence-corrected chi connectivity index (χ4v) is 2.46. The van der Waals surface area contributed by atoms with Crippen molar-refractivity contribution in [3.8, 4) is 5.75 Å². The summed E-state index contributed by atoms with van der Waals surface area (Å²) in [5.41, 5.74) is 1.46. The number of Topliss-reactive ketones (excluding diaryl/α,β-unsaturated/α-hetero) is 1. The Morgan fingerprint density at radius 1 is 1.45 bits per heavy atom. The fraction of sp³-hybridized carbons (Fsp3) is 0.308. The second-order valence-corrected chi connectivity index (χ2v) is 5.60. The first-order chi connectivity index (χ1) is 9.52. The lowest BCUT2D eigenvalue weighted by molar-refractivity contribution is 0.0966. The van der Waals surface area contributed by atoms with E-state index in [1.807, 2.05) is 13.0 Å². The molecule has 0 N–H and O–H groups in total. The number of rotatable bonds is 5. The van der Waals surface area contributed by atoms with E-state index >= 15 is 0 Å². The number of hydrogen-bond acceptors (Lipinski definition) is 5. The lowest BCUT2D eigenvalue weighted by Gasteiger charge is -2.09. The quantitative estimate of drug-likeness (QED) is 0.775. The highest BCUT2D eigenvalue weighted by atomic mass is 32.2. The Morgan fingerprint density at radius 3 is 2.85 bits per heavy atom. The molecule has 0 spiro atoms. The number of aryl methyl sites for hydroxylation is 1. The van der Waals surface area contributed by atoms with Crippen LogP contribution in [0.15, 0.2) is 29.7 Å². The maximum absolute atomic E-state index is 12.4. The van der Waals surface area contributed by atoms with Crippen molar-refractivity contribution in [2.24, 2.45) is 0 Å². The molecule has 0 bridgehead atoms. The van der Waals surface area contributed by atoms with Crippen LogP contribution in [0.2, 0.25) is 0 Å². The van der Waals surface area contributed by atoms with Gasteiger partial charge < -0.3 is 4.74 Å². The number of aromatic nitrogens is 3. The molecular formula is C13H15N3O3S. The normalized spacial score (nSPS) is 12.2. The predicted octanol–water partition coefficient (Wildman–Crippen LogP) is 1.22. The van der Waals surface area contributed by atoms with Gasteiger partial charge in [0.1, 0.15) is 12.1 Å². The van der Waals surface area contributed by atoms with E-state index < -0.39 is 10.8 Å². The Bertz CT molecular complexity index is 667. The van der Waals surface area contributed by atoms with Gasteiger partial charge in [0, 0.05) is 6.26 Å². The summed E-state index contributed by atoms with van der Waals surface area (Å²) in [4.78, 5) is 12.4. The predicted molar refractivity (Wildman–Crippen MR) is 74.4 cm³/mol. The molecule has 0 saturated carbocycles. The Hall–Kier alpha value is -2.02. The van der Waals surface area contributed by atoms with Gasteiger partial charge in [-0.05, 0) is 19.1 Å². The van der Waals surface area contributed by atoms with E-state index in [1.165, 1.54) is 24.3 Å². The molecule has 6 nitrogen and oxygen atoms in total. The minimum Gasteiger partial charge on any atom is -0.496 e. The Kier molecular flexibility index (Phi) is 4.29. The van der Waals surface area contributed by atoms with Crippen molar-refractivity contribution in [3.05, 3.63) is 35.7 Å². The van der Waals surface area contributed by atoms with Gasteiger partial charge in [-0.25, -0.2) is 0 Å². The number of carbonyl (C=O) groups excluding carboxylic acids is 1. The fourth-order valence-electron chi connectivity index (χ4n) is 1.86. The van der Waals surface area contributed by atoms with Crippen LogP contribution in [0.1, 0.15) is 15.9 Å². The van der Waals surface area contributed by atoms with Gasteiger partial charge in [0.2, 0.25) is 5.16 Å². The highest BCUT2D eigenvalue weighted by Crippen LogP contribution is 2.21. The zero-order chi connectivity index (χ0) is 14.7. The smallest absolute Gasteiger partial charge is 0.221 e. The third kappa shape index (κ3) is 2.93. The van der Waals surface area contributed by atoms with Gasteiger partial charge in [-0.15, -0.1) is 10.2 Å². The van der Waals surface area contributed by atoms with E-state index in [-0.39, 0.29) is 17.5 Å².